The number of benzene rings is 1. The van der Waals surface area contributed by atoms with Gasteiger partial charge in [-0.3, -0.25) is 14.4 Å². The zero-order chi connectivity index (χ0) is 16.9. The maximum atomic E-state index is 12.9. The fourth-order valence-corrected chi connectivity index (χ4v) is 4.06. The first kappa shape index (κ1) is 15.3. The zero-order valence-electron chi connectivity index (χ0n) is 13.5. The number of Topliss-reactive ketones (excluding diaryl/α,β-unsaturated/α-hetero) is 1. The second-order valence-corrected chi connectivity index (χ2v) is 6.98. The third-order valence-electron chi connectivity index (χ3n) is 5.53. The molecule has 1 aromatic rings. The number of para-hydroxylation sites is 1. The number of hydrogen-bond donors (Lipinski definition) is 2. The van der Waals surface area contributed by atoms with Gasteiger partial charge in [0, 0.05) is 18.7 Å². The molecule has 24 heavy (non-hydrogen) atoms. The first-order chi connectivity index (χ1) is 11.5. The highest BCUT2D eigenvalue weighted by atomic mass is 16.5. The molecule has 4 atom stereocenters. The molecular formula is C18H20N2O4. The van der Waals surface area contributed by atoms with Crippen LogP contribution in [0.5, 0.6) is 0 Å². The molecule has 0 aromatic heterocycles. The number of ketones is 1. The van der Waals surface area contributed by atoms with Gasteiger partial charge in [-0.1, -0.05) is 19.1 Å². The summed E-state index contributed by atoms with van der Waals surface area (Å²) in [5, 5.41) is 5.64. The van der Waals surface area contributed by atoms with Crippen LogP contribution in [0.1, 0.15) is 30.1 Å². The molecule has 2 unspecified atom stereocenters. The van der Waals surface area contributed by atoms with Crippen LogP contribution < -0.4 is 10.6 Å². The summed E-state index contributed by atoms with van der Waals surface area (Å²) in [6, 6.07) is 6.95. The zero-order valence-corrected chi connectivity index (χ0v) is 13.5. The Hall–Kier alpha value is -2.21. The number of anilines is 1. The number of fused-ring (bicyclic) bond motifs is 2. The predicted molar refractivity (Wildman–Crippen MR) is 86.5 cm³/mol. The maximum absolute atomic E-state index is 12.9. The Morgan fingerprint density at radius 3 is 2.92 bits per heavy atom. The van der Waals surface area contributed by atoms with Crippen LogP contribution in [-0.4, -0.2) is 36.9 Å². The Bertz CT molecular complexity index is 725. The summed E-state index contributed by atoms with van der Waals surface area (Å²) < 4.78 is 5.50. The minimum Gasteiger partial charge on any atom is -0.376 e. The summed E-state index contributed by atoms with van der Waals surface area (Å²) in [6.07, 6.45) is 1.97. The molecular weight excluding hydrogens is 308 g/mol. The van der Waals surface area contributed by atoms with Gasteiger partial charge in [-0.2, -0.15) is 0 Å². The van der Waals surface area contributed by atoms with E-state index in [0.717, 1.165) is 19.4 Å². The molecule has 0 spiro atoms. The van der Waals surface area contributed by atoms with E-state index in [1.165, 1.54) is 0 Å². The fourth-order valence-electron chi connectivity index (χ4n) is 4.06. The van der Waals surface area contributed by atoms with Crippen molar-refractivity contribution >= 4 is 23.3 Å². The summed E-state index contributed by atoms with van der Waals surface area (Å²) in [5.41, 5.74) is 0.0434. The number of rotatable bonds is 3. The van der Waals surface area contributed by atoms with Gasteiger partial charge in [0.2, 0.25) is 11.8 Å². The fraction of sp³-hybridized carbons (Fsp3) is 0.500. The van der Waals surface area contributed by atoms with E-state index in [1.807, 2.05) is 0 Å². The Morgan fingerprint density at radius 1 is 1.38 bits per heavy atom. The molecule has 2 amide bonds. The molecule has 1 saturated heterocycles. The summed E-state index contributed by atoms with van der Waals surface area (Å²) >= 11 is 0. The van der Waals surface area contributed by atoms with Crippen LogP contribution in [0.25, 0.3) is 0 Å². The van der Waals surface area contributed by atoms with Gasteiger partial charge in [0.25, 0.3) is 0 Å². The lowest BCUT2D eigenvalue weighted by Gasteiger charge is -2.14. The first-order valence-corrected chi connectivity index (χ1v) is 8.37. The normalized spacial score (nSPS) is 34.0. The van der Waals surface area contributed by atoms with E-state index in [0.29, 0.717) is 17.8 Å². The number of ether oxygens (including phenoxy) is 1. The number of hydrogen-bond acceptors (Lipinski definition) is 4. The van der Waals surface area contributed by atoms with Crippen LogP contribution in [0.2, 0.25) is 0 Å². The molecule has 1 aliphatic carbocycles. The largest absolute Gasteiger partial charge is 0.376 e. The van der Waals surface area contributed by atoms with Crippen LogP contribution in [0.3, 0.4) is 0 Å². The lowest BCUT2D eigenvalue weighted by atomic mass is 9.92. The average molecular weight is 328 g/mol. The van der Waals surface area contributed by atoms with E-state index in [1.54, 1.807) is 31.2 Å². The Balaban J connectivity index is 1.54. The van der Waals surface area contributed by atoms with Gasteiger partial charge < -0.3 is 15.4 Å². The van der Waals surface area contributed by atoms with Crippen molar-refractivity contribution in [1.82, 2.24) is 5.32 Å². The molecule has 0 radical (unpaired) electrons. The van der Waals surface area contributed by atoms with Crippen molar-refractivity contribution < 1.29 is 19.1 Å². The highest BCUT2D eigenvalue weighted by Gasteiger charge is 2.73. The summed E-state index contributed by atoms with van der Waals surface area (Å²) in [7, 11) is 0. The molecule has 2 heterocycles. The standard InChI is InChI=1S/C18H20N2O4/c1-18-13(16(22)19-9-10-5-4-8-24-10)14(18)17(23)20-12-7-3-2-6-11(12)15(18)21/h2-3,6-7,10,13-14H,4-5,8-9H2,1H3,(H,19,22)(H,20,23)/t10?,13-,14?,18+/m0/s1. The van der Waals surface area contributed by atoms with Gasteiger partial charge in [0.05, 0.1) is 29.0 Å². The molecule has 1 saturated carbocycles. The van der Waals surface area contributed by atoms with E-state index in [2.05, 4.69) is 10.6 Å². The molecule has 2 N–H and O–H groups in total. The van der Waals surface area contributed by atoms with Crippen LogP contribution in [0, 0.1) is 17.3 Å². The second kappa shape index (κ2) is 5.41. The molecule has 0 bridgehead atoms. The van der Waals surface area contributed by atoms with Crippen molar-refractivity contribution in [3.8, 4) is 0 Å². The van der Waals surface area contributed by atoms with Crippen LogP contribution >= 0.6 is 0 Å². The molecule has 6 heteroatoms. The first-order valence-electron chi connectivity index (χ1n) is 8.37. The quantitative estimate of drug-likeness (QED) is 0.878. The molecule has 1 aromatic carbocycles. The Labute approximate surface area is 139 Å². The maximum Gasteiger partial charge on any atom is 0.229 e. The highest BCUT2D eigenvalue weighted by molar-refractivity contribution is 6.19. The van der Waals surface area contributed by atoms with Crippen LogP contribution in [-0.2, 0) is 14.3 Å². The molecule has 3 aliphatic rings. The Morgan fingerprint density at radius 2 is 2.17 bits per heavy atom. The van der Waals surface area contributed by atoms with Gasteiger partial charge in [0.15, 0.2) is 5.78 Å². The number of carbonyl (C=O) groups excluding carboxylic acids is 3. The Kier molecular flexibility index (Phi) is 3.46. The molecule has 2 aliphatic heterocycles. The van der Waals surface area contributed by atoms with Crippen molar-refractivity contribution in [3.05, 3.63) is 29.8 Å². The molecule has 2 fully saturated rings. The molecule has 4 rings (SSSR count). The smallest absolute Gasteiger partial charge is 0.229 e. The predicted octanol–water partition coefficient (Wildman–Crippen LogP) is 1.37. The van der Waals surface area contributed by atoms with Crippen molar-refractivity contribution in [2.24, 2.45) is 17.3 Å². The number of carbonyl (C=O) groups is 3. The van der Waals surface area contributed by atoms with Crippen molar-refractivity contribution in [3.63, 3.8) is 0 Å². The van der Waals surface area contributed by atoms with Gasteiger partial charge in [-0.15, -0.1) is 0 Å². The van der Waals surface area contributed by atoms with E-state index >= 15 is 0 Å². The molecule has 126 valence electrons. The van der Waals surface area contributed by atoms with Gasteiger partial charge >= 0.3 is 0 Å². The van der Waals surface area contributed by atoms with Crippen LogP contribution in [0.4, 0.5) is 5.69 Å². The van der Waals surface area contributed by atoms with Crippen LogP contribution in [0.15, 0.2) is 24.3 Å². The van der Waals surface area contributed by atoms with Gasteiger partial charge in [-0.05, 0) is 25.0 Å². The topological polar surface area (TPSA) is 84.5 Å². The number of amides is 2. The lowest BCUT2D eigenvalue weighted by Crippen LogP contribution is -2.35. The lowest BCUT2D eigenvalue weighted by molar-refractivity contribution is -0.125. The van der Waals surface area contributed by atoms with E-state index in [-0.39, 0.29) is 23.7 Å². The third-order valence-corrected chi connectivity index (χ3v) is 5.53. The molecule has 6 nitrogen and oxygen atoms in total. The summed E-state index contributed by atoms with van der Waals surface area (Å²) in [6.45, 7) is 2.88. The van der Waals surface area contributed by atoms with Gasteiger partial charge in [0.1, 0.15) is 0 Å². The minimum atomic E-state index is -0.961. The van der Waals surface area contributed by atoms with E-state index < -0.39 is 17.3 Å². The average Bonchev–Trinajstić information content (AvgIpc) is 2.95. The van der Waals surface area contributed by atoms with Crippen molar-refractivity contribution in [2.75, 3.05) is 18.5 Å². The van der Waals surface area contributed by atoms with E-state index in [9.17, 15) is 14.4 Å². The van der Waals surface area contributed by atoms with E-state index in [4.69, 9.17) is 4.74 Å². The summed E-state index contributed by atoms with van der Waals surface area (Å²) in [5.74, 6) is -1.85. The highest BCUT2D eigenvalue weighted by Crippen LogP contribution is 2.62. The van der Waals surface area contributed by atoms with Crippen molar-refractivity contribution in [1.29, 1.82) is 0 Å². The monoisotopic (exact) mass is 328 g/mol. The minimum absolute atomic E-state index is 0.0376. The third kappa shape index (κ3) is 2.17. The second-order valence-electron chi connectivity index (χ2n) is 6.98. The summed E-state index contributed by atoms with van der Waals surface area (Å²) in [4.78, 5) is 38.0. The SMILES string of the molecule is C[C@]12C(=O)c3ccccc3NC(=O)C1[C@H]2C(=O)NCC1CCCO1. The van der Waals surface area contributed by atoms with Gasteiger partial charge in [-0.25, -0.2) is 0 Å². The number of nitrogens with one attached hydrogen (secondary N) is 2. The van der Waals surface area contributed by atoms with Crippen molar-refractivity contribution in [2.45, 2.75) is 25.9 Å².